The van der Waals surface area contributed by atoms with Gasteiger partial charge in [-0.15, -0.1) is 0 Å². The van der Waals surface area contributed by atoms with Crippen LogP contribution in [0.5, 0.6) is 0 Å². The predicted molar refractivity (Wildman–Crippen MR) is 62.0 cm³/mol. The van der Waals surface area contributed by atoms with Gasteiger partial charge in [0, 0.05) is 6.07 Å². The highest BCUT2D eigenvalue weighted by Gasteiger charge is 2.12. The molecular formula is C10H8N6O3. The number of hydrogen-bond donors (Lipinski definition) is 1. The van der Waals surface area contributed by atoms with Gasteiger partial charge in [0.05, 0.1) is 11.5 Å². The third-order valence-corrected chi connectivity index (χ3v) is 2.18. The molecule has 0 aliphatic carbocycles. The zero-order valence-electron chi connectivity index (χ0n) is 9.82. The van der Waals surface area contributed by atoms with E-state index in [0.717, 1.165) is 12.3 Å². The first-order chi connectivity index (χ1) is 9.10. The SMILES string of the molecule is Cc1noc(CNc2ncc([N+](=O)[O-])cc2C#N)n1. The monoisotopic (exact) mass is 260 g/mol. The van der Waals surface area contributed by atoms with Gasteiger partial charge in [-0.2, -0.15) is 10.2 Å². The van der Waals surface area contributed by atoms with Crippen LogP contribution in [0.2, 0.25) is 0 Å². The topological polar surface area (TPSA) is 131 Å². The fourth-order valence-electron chi connectivity index (χ4n) is 1.35. The lowest BCUT2D eigenvalue weighted by Gasteiger charge is -2.03. The van der Waals surface area contributed by atoms with Crippen molar-refractivity contribution in [2.75, 3.05) is 5.32 Å². The molecule has 0 bridgehead atoms. The van der Waals surface area contributed by atoms with Gasteiger partial charge in [0.25, 0.3) is 5.69 Å². The lowest BCUT2D eigenvalue weighted by Crippen LogP contribution is -2.04. The zero-order valence-corrected chi connectivity index (χ0v) is 9.82. The number of rotatable bonds is 4. The van der Waals surface area contributed by atoms with Gasteiger partial charge in [-0.3, -0.25) is 10.1 Å². The van der Waals surface area contributed by atoms with Crippen LogP contribution in [-0.2, 0) is 6.54 Å². The van der Waals surface area contributed by atoms with Crippen molar-refractivity contribution in [2.24, 2.45) is 0 Å². The Balaban J connectivity index is 2.16. The van der Waals surface area contributed by atoms with Gasteiger partial charge in [0.15, 0.2) is 5.82 Å². The van der Waals surface area contributed by atoms with Crippen LogP contribution in [-0.4, -0.2) is 20.0 Å². The summed E-state index contributed by atoms with van der Waals surface area (Å²) in [6.45, 7) is 1.86. The van der Waals surface area contributed by atoms with Crippen molar-refractivity contribution in [3.63, 3.8) is 0 Å². The van der Waals surface area contributed by atoms with E-state index in [-0.39, 0.29) is 23.6 Å². The number of anilines is 1. The number of nitrogens with zero attached hydrogens (tertiary/aromatic N) is 5. The van der Waals surface area contributed by atoms with Crippen LogP contribution in [0.3, 0.4) is 0 Å². The van der Waals surface area contributed by atoms with E-state index in [1.807, 2.05) is 6.07 Å². The Labute approximate surface area is 107 Å². The summed E-state index contributed by atoms with van der Waals surface area (Å²) in [5.74, 6) is 1.06. The second-order valence-corrected chi connectivity index (χ2v) is 3.55. The van der Waals surface area contributed by atoms with E-state index in [9.17, 15) is 10.1 Å². The summed E-state index contributed by atoms with van der Waals surface area (Å²) in [4.78, 5) is 17.7. The molecule has 2 heterocycles. The summed E-state index contributed by atoms with van der Waals surface area (Å²) in [6, 6.07) is 2.98. The Morgan fingerprint density at radius 3 is 3.00 bits per heavy atom. The smallest absolute Gasteiger partial charge is 0.289 e. The molecule has 9 nitrogen and oxygen atoms in total. The standard InChI is InChI=1S/C10H8N6O3/c1-6-14-9(19-15-6)5-13-10-7(3-11)2-8(4-12-10)16(17)18/h2,4H,5H2,1H3,(H,12,13). The number of aromatic nitrogens is 3. The molecule has 2 aromatic rings. The average molecular weight is 260 g/mol. The quantitative estimate of drug-likeness (QED) is 0.639. The highest BCUT2D eigenvalue weighted by Crippen LogP contribution is 2.18. The molecule has 0 atom stereocenters. The summed E-state index contributed by atoms with van der Waals surface area (Å²) in [5, 5.41) is 25.9. The van der Waals surface area contributed by atoms with Crippen molar-refractivity contribution in [1.82, 2.24) is 15.1 Å². The normalized spacial score (nSPS) is 9.89. The Hall–Kier alpha value is -3.02. The van der Waals surface area contributed by atoms with E-state index in [0.29, 0.717) is 11.7 Å². The number of hydrogen-bond acceptors (Lipinski definition) is 8. The molecule has 0 fully saturated rings. The molecular weight excluding hydrogens is 252 g/mol. The Bertz CT molecular complexity index is 660. The van der Waals surface area contributed by atoms with Crippen LogP contribution >= 0.6 is 0 Å². The summed E-state index contributed by atoms with van der Waals surface area (Å²) < 4.78 is 4.88. The van der Waals surface area contributed by atoms with E-state index in [1.54, 1.807) is 6.92 Å². The minimum atomic E-state index is -0.612. The van der Waals surface area contributed by atoms with Crippen molar-refractivity contribution in [2.45, 2.75) is 13.5 Å². The van der Waals surface area contributed by atoms with Crippen molar-refractivity contribution in [1.29, 1.82) is 5.26 Å². The lowest BCUT2D eigenvalue weighted by atomic mass is 10.2. The van der Waals surface area contributed by atoms with Crippen molar-refractivity contribution < 1.29 is 9.45 Å². The molecule has 2 aromatic heterocycles. The van der Waals surface area contributed by atoms with Crippen LogP contribution in [0.1, 0.15) is 17.3 Å². The van der Waals surface area contributed by atoms with Crippen molar-refractivity contribution in [3.8, 4) is 6.07 Å². The third-order valence-electron chi connectivity index (χ3n) is 2.18. The first kappa shape index (κ1) is 12.4. The van der Waals surface area contributed by atoms with Crippen molar-refractivity contribution >= 4 is 11.5 Å². The maximum atomic E-state index is 10.6. The molecule has 0 amide bonds. The summed E-state index contributed by atoms with van der Waals surface area (Å²) in [5.41, 5.74) is -0.166. The minimum absolute atomic E-state index is 0.0745. The van der Waals surface area contributed by atoms with E-state index in [2.05, 4.69) is 20.4 Å². The zero-order chi connectivity index (χ0) is 13.8. The van der Waals surface area contributed by atoms with E-state index in [1.165, 1.54) is 0 Å². The largest absolute Gasteiger partial charge is 0.360 e. The molecule has 0 aliphatic heterocycles. The van der Waals surface area contributed by atoms with Crippen LogP contribution in [0.15, 0.2) is 16.8 Å². The number of aryl methyl sites for hydroxylation is 1. The van der Waals surface area contributed by atoms with Gasteiger partial charge in [0.2, 0.25) is 5.89 Å². The minimum Gasteiger partial charge on any atom is -0.360 e. The second kappa shape index (κ2) is 5.09. The number of nitriles is 1. The van der Waals surface area contributed by atoms with Crippen LogP contribution < -0.4 is 5.32 Å². The number of pyridine rings is 1. The second-order valence-electron chi connectivity index (χ2n) is 3.55. The molecule has 0 radical (unpaired) electrons. The molecule has 96 valence electrons. The van der Waals surface area contributed by atoms with E-state index in [4.69, 9.17) is 9.78 Å². The highest BCUT2D eigenvalue weighted by atomic mass is 16.6. The van der Waals surface area contributed by atoms with Crippen LogP contribution in [0.25, 0.3) is 0 Å². The van der Waals surface area contributed by atoms with Gasteiger partial charge in [-0.1, -0.05) is 5.16 Å². The molecule has 9 heteroatoms. The third kappa shape index (κ3) is 2.81. The van der Waals surface area contributed by atoms with Crippen LogP contribution in [0.4, 0.5) is 11.5 Å². The van der Waals surface area contributed by atoms with Gasteiger partial charge in [-0.05, 0) is 6.92 Å². The molecule has 0 spiro atoms. The number of nitro groups is 1. The Morgan fingerprint density at radius 2 is 2.42 bits per heavy atom. The fourth-order valence-corrected chi connectivity index (χ4v) is 1.35. The molecule has 0 aliphatic rings. The molecule has 0 saturated heterocycles. The summed E-state index contributed by atoms with van der Waals surface area (Å²) in [6.07, 6.45) is 1.07. The lowest BCUT2D eigenvalue weighted by molar-refractivity contribution is -0.385. The van der Waals surface area contributed by atoms with Gasteiger partial charge in [0.1, 0.15) is 23.6 Å². The van der Waals surface area contributed by atoms with E-state index >= 15 is 0 Å². The number of nitrogens with one attached hydrogen (secondary N) is 1. The van der Waals surface area contributed by atoms with Crippen LogP contribution in [0, 0.1) is 28.4 Å². The summed E-state index contributed by atoms with van der Waals surface area (Å²) >= 11 is 0. The van der Waals surface area contributed by atoms with E-state index < -0.39 is 4.92 Å². The molecule has 1 N–H and O–H groups in total. The average Bonchev–Trinajstić information content (AvgIpc) is 2.81. The first-order valence-corrected chi connectivity index (χ1v) is 5.17. The van der Waals surface area contributed by atoms with Gasteiger partial charge in [-0.25, -0.2) is 4.98 Å². The molecule has 0 aromatic carbocycles. The Kier molecular flexibility index (Phi) is 3.33. The maximum Gasteiger partial charge on any atom is 0.289 e. The molecule has 0 unspecified atom stereocenters. The predicted octanol–water partition coefficient (Wildman–Crippen LogP) is 1.16. The maximum absolute atomic E-state index is 10.6. The Morgan fingerprint density at radius 1 is 1.63 bits per heavy atom. The molecule has 2 rings (SSSR count). The fraction of sp³-hybridized carbons (Fsp3) is 0.200. The van der Waals surface area contributed by atoms with Crippen molar-refractivity contribution in [3.05, 3.63) is 39.7 Å². The van der Waals surface area contributed by atoms with Gasteiger partial charge < -0.3 is 9.84 Å². The molecule has 19 heavy (non-hydrogen) atoms. The highest BCUT2D eigenvalue weighted by molar-refractivity contribution is 5.55. The molecule has 0 saturated carbocycles. The summed E-state index contributed by atoms with van der Waals surface area (Å²) in [7, 11) is 0. The van der Waals surface area contributed by atoms with Gasteiger partial charge >= 0.3 is 0 Å². The first-order valence-electron chi connectivity index (χ1n) is 5.17.